The van der Waals surface area contributed by atoms with Crippen molar-refractivity contribution in [3.8, 4) is 0 Å². The molecular weight excluding hydrogens is 252 g/mol. The average Bonchev–Trinajstić information content (AvgIpc) is 2.46. The van der Waals surface area contributed by atoms with Crippen molar-refractivity contribution in [1.29, 1.82) is 0 Å². The third kappa shape index (κ3) is 2.62. The van der Waals surface area contributed by atoms with Gasteiger partial charge in [0.1, 0.15) is 5.41 Å². The van der Waals surface area contributed by atoms with Gasteiger partial charge in [0.15, 0.2) is 5.78 Å². The summed E-state index contributed by atoms with van der Waals surface area (Å²) in [5.74, 6) is -0.629. The van der Waals surface area contributed by atoms with E-state index in [9.17, 15) is 9.59 Å². The molecule has 0 N–H and O–H groups in total. The molecule has 1 aromatic carbocycles. The molecule has 0 fully saturated rings. The minimum atomic E-state index is -1.08. The van der Waals surface area contributed by atoms with E-state index in [2.05, 4.69) is 6.07 Å². The molecule has 0 aliphatic heterocycles. The van der Waals surface area contributed by atoms with Gasteiger partial charge in [-0.1, -0.05) is 24.3 Å². The molecule has 0 bridgehead atoms. The second-order valence-electron chi connectivity index (χ2n) is 5.85. The molecule has 3 nitrogen and oxygen atoms in total. The van der Waals surface area contributed by atoms with E-state index in [-0.39, 0.29) is 11.7 Å². The summed E-state index contributed by atoms with van der Waals surface area (Å²) in [7, 11) is 0. The molecule has 20 heavy (non-hydrogen) atoms. The Morgan fingerprint density at radius 1 is 1.30 bits per heavy atom. The number of ketones is 1. The maximum absolute atomic E-state index is 12.8. The lowest BCUT2D eigenvalue weighted by atomic mass is 9.72. The second-order valence-corrected chi connectivity index (χ2v) is 5.85. The van der Waals surface area contributed by atoms with Crippen LogP contribution in [0.1, 0.15) is 50.7 Å². The molecule has 1 unspecified atom stereocenters. The Labute approximate surface area is 120 Å². The van der Waals surface area contributed by atoms with Crippen molar-refractivity contribution >= 4 is 11.8 Å². The highest BCUT2D eigenvalue weighted by Gasteiger charge is 2.42. The highest BCUT2D eigenvalue weighted by Crippen LogP contribution is 2.37. The largest absolute Gasteiger partial charge is 0.465 e. The number of rotatable bonds is 4. The van der Waals surface area contributed by atoms with Crippen LogP contribution in [-0.4, -0.2) is 18.4 Å². The quantitative estimate of drug-likeness (QED) is 0.625. The lowest BCUT2D eigenvalue weighted by Crippen LogP contribution is -2.39. The van der Waals surface area contributed by atoms with Crippen LogP contribution >= 0.6 is 0 Å². The lowest BCUT2D eigenvalue weighted by Gasteiger charge is -2.30. The van der Waals surface area contributed by atoms with Crippen LogP contribution in [0.2, 0.25) is 0 Å². The Morgan fingerprint density at radius 2 is 2.00 bits per heavy atom. The summed E-state index contributed by atoms with van der Waals surface area (Å²) in [6, 6.07) is 8.05. The number of fused-ring (bicyclic) bond motifs is 1. The smallest absolute Gasteiger partial charge is 0.319 e. The topological polar surface area (TPSA) is 43.4 Å². The van der Waals surface area contributed by atoms with Gasteiger partial charge < -0.3 is 4.74 Å². The highest BCUT2D eigenvalue weighted by atomic mass is 16.5. The normalized spacial score (nSPS) is 18.2. The zero-order valence-corrected chi connectivity index (χ0v) is 12.4. The number of carbonyl (C=O) groups is 2. The van der Waals surface area contributed by atoms with Gasteiger partial charge in [-0.3, -0.25) is 9.59 Å². The van der Waals surface area contributed by atoms with Gasteiger partial charge in [0.25, 0.3) is 0 Å². The molecule has 1 aromatic rings. The summed E-state index contributed by atoms with van der Waals surface area (Å²) in [6.45, 7) is 5.40. The van der Waals surface area contributed by atoms with Crippen LogP contribution in [0.25, 0.3) is 0 Å². The average molecular weight is 274 g/mol. The molecule has 3 heteroatoms. The molecule has 0 saturated carbocycles. The molecule has 0 heterocycles. The summed E-state index contributed by atoms with van der Waals surface area (Å²) in [5.41, 5.74) is 1.24. The first kappa shape index (κ1) is 14.8. The van der Waals surface area contributed by atoms with E-state index in [1.54, 1.807) is 20.8 Å². The Hall–Kier alpha value is -1.64. The van der Waals surface area contributed by atoms with Crippen molar-refractivity contribution in [2.45, 2.75) is 46.0 Å². The SMILES string of the molecule is CCOC(=O)C(C)(C)C(=O)C1CCCc2ccccc21. The first-order chi connectivity index (χ1) is 9.48. The first-order valence-electron chi connectivity index (χ1n) is 7.27. The van der Waals surface area contributed by atoms with Crippen molar-refractivity contribution < 1.29 is 14.3 Å². The molecule has 0 saturated heterocycles. The van der Waals surface area contributed by atoms with E-state index >= 15 is 0 Å². The molecule has 1 aliphatic carbocycles. The number of carbonyl (C=O) groups excluding carboxylic acids is 2. The van der Waals surface area contributed by atoms with Crippen LogP contribution in [-0.2, 0) is 20.7 Å². The highest BCUT2D eigenvalue weighted by molar-refractivity contribution is 6.06. The standard InChI is InChI=1S/C17H22O3/c1-4-20-16(19)17(2,3)15(18)14-11-7-9-12-8-5-6-10-13(12)14/h5-6,8,10,14H,4,7,9,11H2,1-3H3. The van der Waals surface area contributed by atoms with Gasteiger partial charge in [0, 0.05) is 5.92 Å². The van der Waals surface area contributed by atoms with Crippen LogP contribution in [0.5, 0.6) is 0 Å². The zero-order valence-electron chi connectivity index (χ0n) is 12.4. The monoisotopic (exact) mass is 274 g/mol. The van der Waals surface area contributed by atoms with Crippen LogP contribution in [0.15, 0.2) is 24.3 Å². The second kappa shape index (κ2) is 5.78. The summed E-state index contributed by atoms with van der Waals surface area (Å²) < 4.78 is 5.05. The van der Waals surface area contributed by atoms with Crippen molar-refractivity contribution in [3.63, 3.8) is 0 Å². The van der Waals surface area contributed by atoms with Gasteiger partial charge in [-0.05, 0) is 51.2 Å². The maximum Gasteiger partial charge on any atom is 0.319 e. The molecule has 0 radical (unpaired) electrons. The van der Waals surface area contributed by atoms with Crippen LogP contribution < -0.4 is 0 Å². The van der Waals surface area contributed by atoms with Gasteiger partial charge in [0.05, 0.1) is 6.61 Å². The molecule has 108 valence electrons. The van der Waals surface area contributed by atoms with E-state index in [0.717, 1.165) is 24.8 Å². The molecule has 0 aromatic heterocycles. The number of aryl methyl sites for hydroxylation is 1. The lowest BCUT2D eigenvalue weighted by molar-refractivity contribution is -0.158. The number of benzene rings is 1. The van der Waals surface area contributed by atoms with E-state index in [0.29, 0.717) is 6.61 Å². The fourth-order valence-electron chi connectivity index (χ4n) is 2.87. The molecule has 1 atom stereocenters. The Morgan fingerprint density at radius 3 is 2.70 bits per heavy atom. The predicted molar refractivity (Wildman–Crippen MR) is 77.5 cm³/mol. The molecule has 2 rings (SSSR count). The Bertz CT molecular complexity index is 517. The number of hydrogen-bond acceptors (Lipinski definition) is 3. The van der Waals surface area contributed by atoms with Gasteiger partial charge in [-0.2, -0.15) is 0 Å². The number of hydrogen-bond donors (Lipinski definition) is 0. The fourth-order valence-corrected chi connectivity index (χ4v) is 2.87. The summed E-state index contributed by atoms with van der Waals surface area (Å²) >= 11 is 0. The van der Waals surface area contributed by atoms with Crippen LogP contribution in [0.4, 0.5) is 0 Å². The van der Waals surface area contributed by atoms with E-state index in [1.807, 2.05) is 18.2 Å². The third-order valence-corrected chi connectivity index (χ3v) is 4.09. The predicted octanol–water partition coefficient (Wildman–Crippen LogP) is 3.26. The zero-order chi connectivity index (χ0) is 14.8. The van der Waals surface area contributed by atoms with Crippen molar-refractivity contribution in [2.75, 3.05) is 6.61 Å². The summed E-state index contributed by atoms with van der Waals surface area (Å²) in [5, 5.41) is 0. The minimum Gasteiger partial charge on any atom is -0.465 e. The summed E-state index contributed by atoms with van der Waals surface area (Å²) in [6.07, 6.45) is 2.82. The van der Waals surface area contributed by atoms with E-state index in [1.165, 1.54) is 5.56 Å². The minimum absolute atomic E-state index is 0.0249. The van der Waals surface area contributed by atoms with E-state index in [4.69, 9.17) is 4.74 Å². The Kier molecular flexibility index (Phi) is 4.26. The maximum atomic E-state index is 12.8. The van der Waals surface area contributed by atoms with Crippen LogP contribution in [0, 0.1) is 5.41 Å². The van der Waals surface area contributed by atoms with Gasteiger partial charge in [-0.15, -0.1) is 0 Å². The molecule has 0 amide bonds. The van der Waals surface area contributed by atoms with Gasteiger partial charge >= 0.3 is 5.97 Å². The molecular formula is C17H22O3. The first-order valence-corrected chi connectivity index (χ1v) is 7.27. The molecule has 1 aliphatic rings. The summed E-state index contributed by atoms with van der Waals surface area (Å²) in [4.78, 5) is 24.8. The van der Waals surface area contributed by atoms with E-state index < -0.39 is 11.4 Å². The number of ether oxygens (including phenoxy) is 1. The number of esters is 1. The van der Waals surface area contributed by atoms with Crippen molar-refractivity contribution in [2.24, 2.45) is 5.41 Å². The van der Waals surface area contributed by atoms with Crippen molar-refractivity contribution in [3.05, 3.63) is 35.4 Å². The van der Waals surface area contributed by atoms with Gasteiger partial charge in [0.2, 0.25) is 0 Å². The molecule has 0 spiro atoms. The van der Waals surface area contributed by atoms with Crippen LogP contribution in [0.3, 0.4) is 0 Å². The van der Waals surface area contributed by atoms with Gasteiger partial charge in [-0.25, -0.2) is 0 Å². The number of Topliss-reactive ketones (excluding diaryl/α,β-unsaturated/α-hetero) is 1. The third-order valence-electron chi connectivity index (χ3n) is 4.09. The Balaban J connectivity index is 2.28. The van der Waals surface area contributed by atoms with Crippen molar-refractivity contribution in [1.82, 2.24) is 0 Å². The fraction of sp³-hybridized carbons (Fsp3) is 0.529.